The molecule has 39 heavy (non-hydrogen) atoms. The Morgan fingerprint density at radius 2 is 1.03 bits per heavy atom. The Kier molecular flexibility index (Phi) is 7.02. The van der Waals surface area contributed by atoms with Crippen LogP contribution in [0.1, 0.15) is 11.9 Å². The maximum absolute atomic E-state index is 13.3. The molecule has 0 radical (unpaired) electrons. The molecule has 0 spiro atoms. The van der Waals surface area contributed by atoms with Gasteiger partial charge < -0.3 is 17.8 Å². The van der Waals surface area contributed by atoms with Gasteiger partial charge in [-0.25, -0.2) is 0 Å². The van der Waals surface area contributed by atoms with Crippen molar-refractivity contribution in [3.8, 4) is 23.0 Å². The Balaban J connectivity index is 1.47. The molecule has 5 rings (SSSR count). The summed E-state index contributed by atoms with van der Waals surface area (Å²) in [6.45, 7) is 0. The van der Waals surface area contributed by atoms with Crippen LogP contribution in [0.4, 0.5) is 7.77 Å². The lowest BCUT2D eigenvalue weighted by molar-refractivity contribution is 0.00386. The summed E-state index contributed by atoms with van der Waals surface area (Å²) >= 11 is 0. The lowest BCUT2D eigenvalue weighted by atomic mass is 10.0. The van der Waals surface area contributed by atoms with Gasteiger partial charge in [0.2, 0.25) is 0 Å². The molecule has 0 saturated heterocycles. The number of ether oxygens (including phenoxy) is 2. The van der Waals surface area contributed by atoms with Gasteiger partial charge in [0.15, 0.2) is 0 Å². The molecule has 0 bridgehead atoms. The summed E-state index contributed by atoms with van der Waals surface area (Å²) in [5, 5.41) is 4.11. The summed E-state index contributed by atoms with van der Waals surface area (Å²) in [6.07, 6.45) is -0.998. The van der Waals surface area contributed by atoms with Crippen molar-refractivity contribution in [2.24, 2.45) is 0 Å². The van der Waals surface area contributed by atoms with Gasteiger partial charge in [0.1, 0.15) is 23.0 Å². The first-order chi connectivity index (χ1) is 18.5. The van der Waals surface area contributed by atoms with Gasteiger partial charge >= 0.3 is 10.5 Å². The van der Waals surface area contributed by atoms with Crippen molar-refractivity contribution in [3.05, 3.63) is 109 Å². The molecule has 0 aromatic heterocycles. The molecule has 0 amide bonds. The predicted molar refractivity (Wildman–Crippen MR) is 146 cm³/mol. The van der Waals surface area contributed by atoms with Gasteiger partial charge in [0, 0.05) is 11.4 Å². The number of hydrogen-bond donors (Lipinski definition) is 0. The third-order valence-electron chi connectivity index (χ3n) is 5.55. The summed E-state index contributed by atoms with van der Waals surface area (Å²) in [5.74, 6) is 3.18. The van der Waals surface area contributed by atoms with Gasteiger partial charge in [-0.1, -0.05) is 40.3 Å². The summed E-state index contributed by atoms with van der Waals surface area (Å²) in [6, 6.07) is 28.7. The highest BCUT2D eigenvalue weighted by atomic mass is 32.3. The van der Waals surface area contributed by atoms with E-state index in [1.54, 1.807) is 0 Å². The van der Waals surface area contributed by atoms with Crippen molar-refractivity contribution in [1.82, 2.24) is 0 Å². The van der Waals surface area contributed by atoms with Gasteiger partial charge in [0.05, 0.1) is 0 Å². The highest BCUT2D eigenvalue weighted by Gasteiger charge is 2.18. The highest BCUT2D eigenvalue weighted by Crippen LogP contribution is 2.32. The zero-order valence-corrected chi connectivity index (χ0v) is 21.7. The van der Waals surface area contributed by atoms with Crippen LogP contribution in [0.2, 0.25) is 0 Å². The molecule has 0 fully saturated rings. The fourth-order valence-electron chi connectivity index (χ4n) is 3.92. The lowest BCUT2D eigenvalue weighted by Crippen LogP contribution is -2.15. The average molecular weight is 571 g/mol. The van der Waals surface area contributed by atoms with E-state index in [4.69, 9.17) is 9.47 Å². The van der Waals surface area contributed by atoms with Crippen molar-refractivity contribution in [2.75, 3.05) is 0 Å². The van der Waals surface area contributed by atoms with Crippen molar-refractivity contribution < 1.29 is 38.2 Å². The third kappa shape index (κ3) is 6.95. The monoisotopic (exact) mass is 570 g/mol. The molecule has 5 aromatic rings. The maximum Gasteiger partial charge on any atom is 0.488 e. The topological polar surface area (TPSA) is 88.1 Å². The van der Waals surface area contributed by atoms with Crippen LogP contribution in [0.25, 0.3) is 21.5 Å². The first kappa shape index (κ1) is 26.3. The Morgan fingerprint density at radius 1 is 0.564 bits per heavy atom. The Bertz CT molecular complexity index is 1780. The van der Waals surface area contributed by atoms with Crippen LogP contribution in [-0.4, -0.2) is 18.5 Å². The Morgan fingerprint density at radius 3 is 1.54 bits per heavy atom. The normalized spacial score (nSPS) is 13.9. The molecule has 11 heteroatoms. The quantitative estimate of drug-likeness (QED) is 0.0850. The Labute approximate surface area is 224 Å². The summed E-state index contributed by atoms with van der Waals surface area (Å²) in [7, 11) is -9.35. The molecule has 2 unspecified atom stereocenters. The standard InChI is InChI=1S/C28H20F2O7S2/c1-38(29,31)36-26-12-8-24(9-13-26)34-28(35-25-10-14-27(15-11-25)37-39(30,32)33)22-7-6-21-16-19-4-2-3-5-20(19)17-23(21)18-22/h2-18,28H,1H2. The second-order valence-corrected chi connectivity index (χ2v) is 10.6. The van der Waals surface area contributed by atoms with E-state index in [0.717, 1.165) is 21.5 Å². The van der Waals surface area contributed by atoms with E-state index >= 15 is 0 Å². The van der Waals surface area contributed by atoms with Crippen LogP contribution in [0.3, 0.4) is 0 Å². The first-order valence-electron chi connectivity index (χ1n) is 11.4. The minimum Gasteiger partial charge on any atom is -0.451 e. The number of fused-ring (bicyclic) bond motifs is 2. The maximum atomic E-state index is 13.3. The minimum absolute atomic E-state index is 0.00157. The van der Waals surface area contributed by atoms with Crippen LogP contribution in [-0.2, 0) is 20.7 Å². The SMILES string of the molecule is C=S(=O)(F)Oc1ccc(OC(Oc2ccc(OS(=O)(=O)F)cc2)c2ccc3cc4ccccc4cc3c2)cc1. The van der Waals surface area contributed by atoms with Gasteiger partial charge in [-0.05, 0) is 88.3 Å². The van der Waals surface area contributed by atoms with E-state index in [1.807, 2.05) is 48.5 Å². The second kappa shape index (κ2) is 10.4. The van der Waals surface area contributed by atoms with Crippen LogP contribution < -0.4 is 17.8 Å². The predicted octanol–water partition coefficient (Wildman–Crippen LogP) is 6.64. The fraction of sp³-hybridized carbons (Fsp3) is 0.0357. The molecule has 0 saturated carbocycles. The van der Waals surface area contributed by atoms with Crippen molar-refractivity contribution in [3.63, 3.8) is 0 Å². The number of halogens is 2. The Hall–Kier alpha value is -4.35. The van der Waals surface area contributed by atoms with E-state index < -0.39 is 27.0 Å². The van der Waals surface area contributed by atoms with Crippen LogP contribution in [0.5, 0.6) is 23.0 Å². The first-order valence-corrected chi connectivity index (χ1v) is 14.2. The molecule has 0 aliphatic rings. The number of benzene rings is 5. The third-order valence-corrected chi connectivity index (χ3v) is 6.38. The van der Waals surface area contributed by atoms with Gasteiger partial charge in [0.25, 0.3) is 16.5 Å². The molecule has 5 aromatic carbocycles. The highest BCUT2D eigenvalue weighted by molar-refractivity contribution is 7.91. The van der Waals surface area contributed by atoms with Crippen molar-refractivity contribution in [2.45, 2.75) is 6.29 Å². The zero-order chi connectivity index (χ0) is 27.6. The van der Waals surface area contributed by atoms with Crippen LogP contribution in [0.15, 0.2) is 103 Å². The average Bonchev–Trinajstić information content (AvgIpc) is 2.87. The molecular formula is C28H20F2O7S2. The summed E-state index contributed by atoms with van der Waals surface area (Å²) in [4.78, 5) is 0. The smallest absolute Gasteiger partial charge is 0.451 e. The van der Waals surface area contributed by atoms with Gasteiger partial charge in [-0.15, -0.1) is 3.89 Å². The molecule has 0 aliphatic heterocycles. The second-order valence-electron chi connectivity index (χ2n) is 8.41. The lowest BCUT2D eigenvalue weighted by Gasteiger charge is -2.22. The minimum atomic E-state index is -5.17. The van der Waals surface area contributed by atoms with Crippen molar-refractivity contribution >= 4 is 48.1 Å². The molecule has 7 nitrogen and oxygen atoms in total. The van der Waals surface area contributed by atoms with Crippen LogP contribution in [0, 0.1) is 0 Å². The van der Waals surface area contributed by atoms with E-state index in [2.05, 4.69) is 20.3 Å². The van der Waals surface area contributed by atoms with Crippen molar-refractivity contribution in [1.29, 1.82) is 0 Å². The van der Waals surface area contributed by atoms with E-state index in [0.29, 0.717) is 11.3 Å². The zero-order valence-electron chi connectivity index (χ0n) is 20.0. The fourth-order valence-corrected chi connectivity index (χ4v) is 4.66. The number of hydrogen-bond acceptors (Lipinski definition) is 7. The summed E-state index contributed by atoms with van der Waals surface area (Å²) < 4.78 is 79.8. The molecular weight excluding hydrogens is 550 g/mol. The van der Waals surface area contributed by atoms with Gasteiger partial charge in [-0.2, -0.15) is 12.6 Å². The molecule has 0 N–H and O–H groups in total. The number of rotatable bonds is 9. The molecule has 2 atom stereocenters. The van der Waals surface area contributed by atoms with E-state index in [9.17, 15) is 20.4 Å². The van der Waals surface area contributed by atoms with Crippen LogP contribution >= 0.6 is 0 Å². The molecule has 0 heterocycles. The molecule has 200 valence electrons. The van der Waals surface area contributed by atoms with Gasteiger partial charge in [-0.3, -0.25) is 0 Å². The largest absolute Gasteiger partial charge is 0.488 e. The summed E-state index contributed by atoms with van der Waals surface area (Å²) in [5.41, 5.74) is 0.648. The van der Waals surface area contributed by atoms with E-state index in [1.165, 1.54) is 48.5 Å². The molecule has 0 aliphatic carbocycles. The van der Waals surface area contributed by atoms with E-state index in [-0.39, 0.29) is 17.2 Å².